The van der Waals surface area contributed by atoms with Crippen LogP contribution in [0.3, 0.4) is 0 Å². The molecule has 3 nitrogen and oxygen atoms in total. The molecule has 1 aliphatic carbocycles. The van der Waals surface area contributed by atoms with Gasteiger partial charge in [-0.15, -0.1) is 0 Å². The molecule has 5 heteroatoms. The molecule has 1 fully saturated rings. The summed E-state index contributed by atoms with van der Waals surface area (Å²) in [6.45, 7) is 0. The van der Waals surface area contributed by atoms with E-state index in [9.17, 15) is 13.0 Å². The molecule has 1 aliphatic rings. The fourth-order valence-corrected chi connectivity index (χ4v) is 1.04. The second-order valence-electron chi connectivity index (χ2n) is 1.84. The van der Waals surface area contributed by atoms with E-state index in [0.717, 1.165) is 0 Å². The van der Waals surface area contributed by atoms with Crippen molar-refractivity contribution < 1.29 is 13.0 Å². The molecule has 0 heterocycles. The normalized spacial score (nSPS) is 25.2. The van der Waals surface area contributed by atoms with Crippen molar-refractivity contribution in [3.05, 3.63) is 0 Å². The van der Waals surface area contributed by atoms with Crippen LogP contribution in [0.25, 0.3) is 0 Å². The lowest BCUT2D eigenvalue weighted by molar-refractivity contribution is 0.409. The molecule has 0 bridgehead atoms. The van der Waals surface area contributed by atoms with Gasteiger partial charge < -0.3 is 0 Å². The number of halogens is 1. The number of hydrogen-bond donors (Lipinski definition) is 0. The zero-order chi connectivity index (χ0) is 6.41. The Balaban J connectivity index is 2.90. The van der Waals surface area contributed by atoms with Crippen molar-refractivity contribution in [3.63, 3.8) is 0 Å². The molecule has 0 spiro atoms. The van der Waals surface area contributed by atoms with Gasteiger partial charge in [-0.25, -0.2) is 0 Å². The van der Waals surface area contributed by atoms with Crippen molar-refractivity contribution >= 4 is 21.7 Å². The van der Waals surface area contributed by atoms with Crippen molar-refractivity contribution in [1.29, 1.82) is 0 Å². The average Bonchev–Trinajstić information content (AvgIpc) is 2.16. The Bertz CT molecular complexity index is 191. The Morgan fingerprint density at radius 2 is 1.75 bits per heavy atom. The highest BCUT2D eigenvalue weighted by atomic mass is 35.5. The van der Waals surface area contributed by atoms with Gasteiger partial charge in [0.05, 0.1) is 0 Å². The molecule has 0 aromatic heterocycles. The van der Waals surface area contributed by atoms with Gasteiger partial charge in [-0.05, 0) is 12.8 Å². The van der Waals surface area contributed by atoms with Crippen molar-refractivity contribution in [1.82, 2.24) is 0 Å². The summed E-state index contributed by atoms with van der Waals surface area (Å²) in [6.07, 6.45) is 0.612. The topological polar surface area (TPSA) is 54.0 Å². The molecular formula is C3H4ClO3S. The van der Waals surface area contributed by atoms with E-state index in [0.29, 0.717) is 12.8 Å². The molecule has 0 unspecified atom stereocenters. The predicted molar refractivity (Wildman–Crippen MR) is 27.4 cm³/mol. The highest BCUT2D eigenvalue weighted by Crippen LogP contribution is 2.46. The maximum atomic E-state index is 10.0. The lowest BCUT2D eigenvalue weighted by atomic mass is 11.0. The second-order valence-corrected chi connectivity index (χ2v) is 4.47. The first-order valence-corrected chi connectivity index (χ1v) is 3.89. The van der Waals surface area contributed by atoms with Gasteiger partial charge in [0.15, 0.2) is 4.21 Å². The summed E-state index contributed by atoms with van der Waals surface area (Å²) in [4.78, 5) is 0. The maximum Gasteiger partial charge on any atom is 0.314 e. The Morgan fingerprint density at radius 3 is 1.75 bits per heavy atom. The Kier molecular flexibility index (Phi) is 1.08. The van der Waals surface area contributed by atoms with Crippen molar-refractivity contribution in [3.8, 4) is 0 Å². The lowest BCUT2D eigenvalue weighted by Gasteiger charge is -1.94. The number of alkyl halides is 1. The summed E-state index contributed by atoms with van der Waals surface area (Å²) < 4.78 is 28.7. The van der Waals surface area contributed by atoms with Crippen LogP contribution < -0.4 is 0 Å². The van der Waals surface area contributed by atoms with Gasteiger partial charge in [0.25, 0.3) is 0 Å². The van der Waals surface area contributed by atoms with Gasteiger partial charge >= 0.3 is 10.1 Å². The zero-order valence-electron chi connectivity index (χ0n) is 3.93. The first-order chi connectivity index (χ1) is 3.46. The molecule has 0 amide bonds. The van der Waals surface area contributed by atoms with Gasteiger partial charge in [-0.2, -0.15) is 8.42 Å². The molecule has 0 aromatic rings. The Hall–Kier alpha value is 0.200. The highest BCUT2D eigenvalue weighted by Gasteiger charge is 2.53. The van der Waals surface area contributed by atoms with Crippen LogP contribution in [0, 0.1) is 0 Å². The van der Waals surface area contributed by atoms with E-state index in [-0.39, 0.29) is 0 Å². The van der Waals surface area contributed by atoms with Crippen molar-refractivity contribution in [2.45, 2.75) is 17.0 Å². The summed E-state index contributed by atoms with van der Waals surface area (Å²) in [5.41, 5.74) is 0. The monoisotopic (exact) mass is 155 g/mol. The van der Waals surface area contributed by atoms with E-state index in [1.54, 1.807) is 0 Å². The van der Waals surface area contributed by atoms with E-state index in [2.05, 4.69) is 0 Å². The first-order valence-electron chi connectivity index (χ1n) is 2.10. The van der Waals surface area contributed by atoms with Gasteiger partial charge in [-0.1, -0.05) is 16.2 Å². The van der Waals surface area contributed by atoms with Crippen LogP contribution in [0.15, 0.2) is 0 Å². The third kappa shape index (κ3) is 0.831. The molecule has 1 rings (SSSR count). The minimum atomic E-state index is -4.21. The third-order valence-electron chi connectivity index (χ3n) is 1.09. The molecule has 0 aromatic carbocycles. The molecule has 1 saturated carbocycles. The molecule has 0 atom stereocenters. The molecule has 0 aliphatic heterocycles. The average molecular weight is 156 g/mol. The van der Waals surface area contributed by atoms with E-state index in [4.69, 9.17) is 11.6 Å². The summed E-state index contributed by atoms with van der Waals surface area (Å²) in [5, 5.41) is 0. The minimum absolute atomic E-state index is 0.306. The summed E-state index contributed by atoms with van der Waals surface area (Å²) in [6, 6.07) is 0. The summed E-state index contributed by atoms with van der Waals surface area (Å²) in [7, 11) is -4.21. The molecule has 47 valence electrons. The van der Waals surface area contributed by atoms with Crippen LogP contribution in [0.1, 0.15) is 12.8 Å². The second kappa shape index (κ2) is 1.37. The van der Waals surface area contributed by atoms with Gasteiger partial charge in [0.1, 0.15) is 0 Å². The largest absolute Gasteiger partial charge is 0.314 e. The van der Waals surface area contributed by atoms with Crippen molar-refractivity contribution in [2.24, 2.45) is 0 Å². The van der Waals surface area contributed by atoms with Gasteiger partial charge in [0.2, 0.25) is 0 Å². The fraction of sp³-hybridized carbons (Fsp3) is 1.00. The molecule has 1 radical (unpaired) electrons. The first kappa shape index (κ1) is 6.32. The zero-order valence-corrected chi connectivity index (χ0v) is 5.50. The molecular weight excluding hydrogens is 152 g/mol. The van der Waals surface area contributed by atoms with Crippen molar-refractivity contribution in [2.75, 3.05) is 0 Å². The van der Waals surface area contributed by atoms with E-state index in [1.165, 1.54) is 0 Å². The SMILES string of the molecule is [O]S(=O)(=O)C1(Cl)CC1. The van der Waals surface area contributed by atoms with E-state index in [1.807, 2.05) is 0 Å². The predicted octanol–water partition coefficient (Wildman–Crippen LogP) is 0.476. The lowest BCUT2D eigenvalue weighted by Crippen LogP contribution is -2.12. The minimum Gasteiger partial charge on any atom is -0.195 e. The van der Waals surface area contributed by atoms with Gasteiger partial charge in [0, 0.05) is 0 Å². The van der Waals surface area contributed by atoms with E-state index >= 15 is 0 Å². The summed E-state index contributed by atoms with van der Waals surface area (Å²) >= 11 is 5.22. The Labute approximate surface area is 52.4 Å². The van der Waals surface area contributed by atoms with Crippen LogP contribution in [0.4, 0.5) is 0 Å². The van der Waals surface area contributed by atoms with Crippen LogP contribution >= 0.6 is 11.6 Å². The van der Waals surface area contributed by atoms with Gasteiger partial charge in [-0.3, -0.25) is 0 Å². The van der Waals surface area contributed by atoms with Crippen LogP contribution in [0.2, 0.25) is 0 Å². The number of hydrogen-bond acceptors (Lipinski definition) is 2. The molecule has 8 heavy (non-hydrogen) atoms. The smallest absolute Gasteiger partial charge is 0.195 e. The summed E-state index contributed by atoms with van der Waals surface area (Å²) in [5.74, 6) is 0. The third-order valence-corrected chi connectivity index (χ3v) is 3.34. The quantitative estimate of drug-likeness (QED) is 0.517. The maximum absolute atomic E-state index is 10.0. The van der Waals surface area contributed by atoms with Crippen LogP contribution in [0.5, 0.6) is 0 Å². The Morgan fingerprint density at radius 1 is 1.38 bits per heavy atom. The number of rotatable bonds is 1. The van der Waals surface area contributed by atoms with Crippen LogP contribution in [-0.4, -0.2) is 12.6 Å². The van der Waals surface area contributed by atoms with E-state index < -0.39 is 14.3 Å². The fourth-order valence-electron chi connectivity index (χ4n) is 0.348. The van der Waals surface area contributed by atoms with Crippen LogP contribution in [-0.2, 0) is 14.7 Å². The molecule has 0 saturated heterocycles. The molecule has 0 N–H and O–H groups in total. The highest BCUT2D eigenvalue weighted by molar-refractivity contribution is 7.88. The standard InChI is InChI=1S/C3H4ClO3S/c4-3(1-2-3)8(5,6)7/h1-2H2.